The SMILES string of the molecule is Cc1cccc(NC(=O)[C@@H](C)OC(=O)c2cc3c(s2)CCC3)c1. The van der Waals surface area contributed by atoms with E-state index in [0.717, 1.165) is 24.8 Å². The van der Waals surface area contributed by atoms with Crippen molar-refractivity contribution in [3.63, 3.8) is 0 Å². The lowest BCUT2D eigenvalue weighted by molar-refractivity contribution is -0.123. The van der Waals surface area contributed by atoms with Crippen LogP contribution in [0.15, 0.2) is 30.3 Å². The molecular formula is C18H19NO3S. The number of nitrogens with one attached hydrogen (secondary N) is 1. The zero-order valence-electron chi connectivity index (χ0n) is 13.2. The molecule has 0 aliphatic heterocycles. The number of fused-ring (bicyclic) bond motifs is 1. The lowest BCUT2D eigenvalue weighted by atomic mass is 10.2. The molecular weight excluding hydrogens is 310 g/mol. The highest BCUT2D eigenvalue weighted by Gasteiger charge is 2.23. The van der Waals surface area contributed by atoms with Crippen LogP contribution in [0.1, 0.15) is 39.0 Å². The zero-order valence-corrected chi connectivity index (χ0v) is 14.0. The number of hydrogen-bond acceptors (Lipinski definition) is 4. The Hall–Kier alpha value is -2.14. The number of aryl methyl sites for hydroxylation is 3. The predicted molar refractivity (Wildman–Crippen MR) is 91.0 cm³/mol. The molecule has 0 bridgehead atoms. The number of benzene rings is 1. The molecule has 1 heterocycles. The van der Waals surface area contributed by atoms with E-state index in [1.807, 2.05) is 37.3 Å². The van der Waals surface area contributed by atoms with E-state index in [0.29, 0.717) is 10.6 Å². The fourth-order valence-corrected chi connectivity index (χ4v) is 3.81. The van der Waals surface area contributed by atoms with Crippen LogP contribution in [0.5, 0.6) is 0 Å². The summed E-state index contributed by atoms with van der Waals surface area (Å²) in [6, 6.07) is 9.41. The summed E-state index contributed by atoms with van der Waals surface area (Å²) in [7, 11) is 0. The molecule has 1 aromatic heterocycles. The monoisotopic (exact) mass is 329 g/mol. The van der Waals surface area contributed by atoms with E-state index in [9.17, 15) is 9.59 Å². The molecule has 3 rings (SSSR count). The van der Waals surface area contributed by atoms with Gasteiger partial charge >= 0.3 is 5.97 Å². The molecule has 1 amide bonds. The Kier molecular flexibility index (Phi) is 4.48. The second kappa shape index (κ2) is 6.54. The largest absolute Gasteiger partial charge is 0.448 e. The zero-order chi connectivity index (χ0) is 16.4. The number of carbonyl (C=O) groups excluding carboxylic acids is 2. The van der Waals surface area contributed by atoms with Crippen molar-refractivity contribution >= 4 is 28.9 Å². The van der Waals surface area contributed by atoms with Crippen molar-refractivity contribution in [1.82, 2.24) is 0 Å². The van der Waals surface area contributed by atoms with Gasteiger partial charge in [-0.2, -0.15) is 0 Å². The quantitative estimate of drug-likeness (QED) is 0.870. The van der Waals surface area contributed by atoms with Crippen molar-refractivity contribution in [3.05, 3.63) is 51.2 Å². The molecule has 0 saturated heterocycles. The Morgan fingerprint density at radius 1 is 1.26 bits per heavy atom. The molecule has 1 N–H and O–H groups in total. The lowest BCUT2D eigenvalue weighted by Crippen LogP contribution is -2.29. The van der Waals surface area contributed by atoms with Gasteiger partial charge < -0.3 is 10.1 Å². The molecule has 1 aromatic carbocycles. The molecule has 1 aliphatic carbocycles. The van der Waals surface area contributed by atoms with E-state index < -0.39 is 12.1 Å². The van der Waals surface area contributed by atoms with Gasteiger partial charge in [-0.3, -0.25) is 4.79 Å². The average Bonchev–Trinajstić information content (AvgIpc) is 3.08. The number of carbonyl (C=O) groups is 2. The summed E-state index contributed by atoms with van der Waals surface area (Å²) in [5.41, 5.74) is 3.01. The number of amides is 1. The Bertz CT molecular complexity index is 729. The number of ether oxygens (including phenoxy) is 1. The van der Waals surface area contributed by atoms with Crippen LogP contribution in [-0.2, 0) is 22.4 Å². The molecule has 0 radical (unpaired) electrons. The second-order valence-electron chi connectivity index (χ2n) is 5.82. The molecule has 5 heteroatoms. The Morgan fingerprint density at radius 3 is 2.83 bits per heavy atom. The minimum absolute atomic E-state index is 0.326. The fourth-order valence-electron chi connectivity index (χ4n) is 2.67. The second-order valence-corrected chi connectivity index (χ2v) is 6.96. The van der Waals surface area contributed by atoms with E-state index in [1.54, 1.807) is 6.92 Å². The third-order valence-electron chi connectivity index (χ3n) is 3.89. The molecule has 1 aliphatic rings. The molecule has 2 aromatic rings. The molecule has 0 saturated carbocycles. The van der Waals surface area contributed by atoms with E-state index >= 15 is 0 Å². The summed E-state index contributed by atoms with van der Waals surface area (Å²) >= 11 is 1.48. The number of esters is 1. The molecule has 120 valence electrons. The average molecular weight is 329 g/mol. The van der Waals surface area contributed by atoms with Crippen LogP contribution < -0.4 is 5.32 Å². The minimum Gasteiger partial charge on any atom is -0.448 e. The first kappa shape index (κ1) is 15.7. The van der Waals surface area contributed by atoms with Crippen LogP contribution in [0.3, 0.4) is 0 Å². The van der Waals surface area contributed by atoms with Crippen LogP contribution in [0.25, 0.3) is 0 Å². The summed E-state index contributed by atoms with van der Waals surface area (Å²) in [5, 5.41) is 2.77. The topological polar surface area (TPSA) is 55.4 Å². The molecule has 0 spiro atoms. The van der Waals surface area contributed by atoms with Crippen molar-refractivity contribution in [2.75, 3.05) is 5.32 Å². The van der Waals surface area contributed by atoms with Gasteiger partial charge in [-0.15, -0.1) is 11.3 Å². The Balaban J connectivity index is 1.60. The van der Waals surface area contributed by atoms with Crippen molar-refractivity contribution in [2.24, 2.45) is 0 Å². The van der Waals surface area contributed by atoms with E-state index in [4.69, 9.17) is 4.74 Å². The first-order chi connectivity index (χ1) is 11.0. The standard InChI is InChI=1S/C18H19NO3S/c1-11-5-3-7-14(9-11)19-17(20)12(2)22-18(21)16-10-13-6-4-8-15(13)23-16/h3,5,7,9-10,12H,4,6,8H2,1-2H3,(H,19,20)/t12-/m1/s1. The summed E-state index contributed by atoms with van der Waals surface area (Å²) in [6.07, 6.45) is 2.39. The number of hydrogen-bond donors (Lipinski definition) is 1. The first-order valence-corrected chi connectivity index (χ1v) is 8.54. The van der Waals surface area contributed by atoms with Gasteiger partial charge in [0.2, 0.25) is 0 Å². The predicted octanol–water partition coefficient (Wildman–Crippen LogP) is 3.73. The van der Waals surface area contributed by atoms with Gasteiger partial charge in [-0.25, -0.2) is 4.79 Å². The third-order valence-corrected chi connectivity index (χ3v) is 5.10. The fraction of sp³-hybridized carbons (Fsp3) is 0.333. The number of rotatable bonds is 4. The maximum atomic E-state index is 12.2. The minimum atomic E-state index is -0.833. The van der Waals surface area contributed by atoms with Crippen LogP contribution in [-0.4, -0.2) is 18.0 Å². The van der Waals surface area contributed by atoms with Crippen LogP contribution in [0.2, 0.25) is 0 Å². The van der Waals surface area contributed by atoms with Gasteiger partial charge in [0.15, 0.2) is 6.10 Å². The summed E-state index contributed by atoms with van der Waals surface area (Å²) in [6.45, 7) is 3.54. The summed E-state index contributed by atoms with van der Waals surface area (Å²) in [5.74, 6) is -0.746. The smallest absolute Gasteiger partial charge is 0.349 e. The van der Waals surface area contributed by atoms with Crippen LogP contribution >= 0.6 is 11.3 Å². The molecule has 1 atom stereocenters. The Labute approximate surface area is 139 Å². The van der Waals surface area contributed by atoms with Crippen molar-refractivity contribution < 1.29 is 14.3 Å². The van der Waals surface area contributed by atoms with Crippen LogP contribution in [0, 0.1) is 6.92 Å². The molecule has 0 unspecified atom stereocenters. The number of thiophene rings is 1. The van der Waals surface area contributed by atoms with Crippen molar-refractivity contribution in [2.45, 2.75) is 39.2 Å². The van der Waals surface area contributed by atoms with E-state index in [-0.39, 0.29) is 5.91 Å². The van der Waals surface area contributed by atoms with Gasteiger partial charge in [0, 0.05) is 10.6 Å². The van der Waals surface area contributed by atoms with Gasteiger partial charge in [0.05, 0.1) is 0 Å². The highest BCUT2D eigenvalue weighted by Crippen LogP contribution is 2.31. The number of anilines is 1. The third kappa shape index (κ3) is 3.62. The van der Waals surface area contributed by atoms with Crippen LogP contribution in [0.4, 0.5) is 5.69 Å². The molecule has 23 heavy (non-hydrogen) atoms. The van der Waals surface area contributed by atoms with Crippen molar-refractivity contribution in [3.8, 4) is 0 Å². The first-order valence-electron chi connectivity index (χ1n) is 7.73. The Morgan fingerprint density at radius 2 is 2.09 bits per heavy atom. The van der Waals surface area contributed by atoms with Crippen molar-refractivity contribution in [1.29, 1.82) is 0 Å². The molecule has 4 nitrogen and oxygen atoms in total. The molecule has 0 fully saturated rings. The maximum absolute atomic E-state index is 12.2. The highest BCUT2D eigenvalue weighted by molar-refractivity contribution is 7.14. The maximum Gasteiger partial charge on any atom is 0.349 e. The van der Waals surface area contributed by atoms with E-state index in [2.05, 4.69) is 5.32 Å². The highest BCUT2D eigenvalue weighted by atomic mass is 32.1. The van der Waals surface area contributed by atoms with Gasteiger partial charge in [-0.1, -0.05) is 12.1 Å². The van der Waals surface area contributed by atoms with Gasteiger partial charge in [0.1, 0.15) is 4.88 Å². The normalized spacial score (nSPS) is 14.2. The lowest BCUT2D eigenvalue weighted by Gasteiger charge is -2.13. The van der Waals surface area contributed by atoms with E-state index in [1.165, 1.54) is 21.8 Å². The summed E-state index contributed by atoms with van der Waals surface area (Å²) < 4.78 is 5.30. The van der Waals surface area contributed by atoms with Gasteiger partial charge in [-0.05, 0) is 62.4 Å². The van der Waals surface area contributed by atoms with Gasteiger partial charge in [0.25, 0.3) is 5.91 Å². The summed E-state index contributed by atoms with van der Waals surface area (Å²) in [4.78, 5) is 26.2.